The fourth-order valence-electron chi connectivity index (χ4n) is 1.72. The number of carbonyl (C=O) groups excluding carboxylic acids is 1. The van der Waals surface area contributed by atoms with E-state index in [9.17, 15) is 9.59 Å². The molecule has 0 radical (unpaired) electrons. The van der Waals surface area contributed by atoms with Crippen molar-refractivity contribution in [1.82, 2.24) is 5.32 Å². The molecule has 19 heavy (non-hydrogen) atoms. The quantitative estimate of drug-likeness (QED) is 0.675. The van der Waals surface area contributed by atoms with Crippen molar-refractivity contribution in [3.8, 4) is 0 Å². The van der Waals surface area contributed by atoms with Gasteiger partial charge in [0.05, 0.1) is 12.3 Å². The van der Waals surface area contributed by atoms with Gasteiger partial charge >= 0.3 is 5.97 Å². The molecule has 0 saturated heterocycles. The standard InChI is InChI=1S/C14H20N2O3/c1-9(2)12(14(18)19)8-16-13(17)7-10-3-5-11(15)6-4-10/h3-6,9,12H,7-8,15H2,1-2H3,(H,16,17)(H,18,19). The topological polar surface area (TPSA) is 92.4 Å². The van der Waals surface area contributed by atoms with Gasteiger partial charge in [0.2, 0.25) is 5.91 Å². The number of hydrogen-bond donors (Lipinski definition) is 3. The van der Waals surface area contributed by atoms with E-state index in [-0.39, 0.29) is 24.8 Å². The van der Waals surface area contributed by atoms with Crippen LogP contribution in [0.5, 0.6) is 0 Å². The highest BCUT2D eigenvalue weighted by molar-refractivity contribution is 5.79. The summed E-state index contributed by atoms with van der Waals surface area (Å²) in [6.07, 6.45) is 0.227. The molecule has 0 aromatic heterocycles. The molecule has 0 aliphatic heterocycles. The normalized spacial score (nSPS) is 12.2. The van der Waals surface area contributed by atoms with E-state index in [4.69, 9.17) is 10.8 Å². The van der Waals surface area contributed by atoms with E-state index in [1.165, 1.54) is 0 Å². The number of nitrogens with two attached hydrogens (primary N) is 1. The Morgan fingerprint density at radius 1 is 1.26 bits per heavy atom. The maximum Gasteiger partial charge on any atom is 0.308 e. The maximum atomic E-state index is 11.7. The Kier molecular flexibility index (Phi) is 5.36. The highest BCUT2D eigenvalue weighted by Gasteiger charge is 2.21. The molecule has 0 bridgehead atoms. The lowest BCUT2D eigenvalue weighted by Crippen LogP contribution is -2.36. The first-order valence-corrected chi connectivity index (χ1v) is 6.24. The zero-order valence-corrected chi connectivity index (χ0v) is 11.2. The summed E-state index contributed by atoms with van der Waals surface area (Å²) < 4.78 is 0. The van der Waals surface area contributed by atoms with Crippen LogP contribution in [-0.2, 0) is 16.0 Å². The van der Waals surface area contributed by atoms with Gasteiger partial charge in [-0.05, 0) is 23.6 Å². The van der Waals surface area contributed by atoms with Crippen LogP contribution in [0.2, 0.25) is 0 Å². The molecular weight excluding hydrogens is 244 g/mol. The van der Waals surface area contributed by atoms with Gasteiger partial charge in [-0.3, -0.25) is 9.59 Å². The van der Waals surface area contributed by atoms with Crippen LogP contribution in [0.1, 0.15) is 19.4 Å². The maximum absolute atomic E-state index is 11.7. The molecule has 1 aromatic rings. The van der Waals surface area contributed by atoms with Gasteiger partial charge in [-0.25, -0.2) is 0 Å². The predicted molar refractivity (Wildman–Crippen MR) is 73.5 cm³/mol. The van der Waals surface area contributed by atoms with Crippen molar-refractivity contribution in [1.29, 1.82) is 0 Å². The predicted octanol–water partition coefficient (Wildman–Crippen LogP) is 1.28. The average Bonchev–Trinajstić information content (AvgIpc) is 2.31. The molecule has 1 unspecified atom stereocenters. The van der Waals surface area contributed by atoms with Crippen LogP contribution in [0.3, 0.4) is 0 Å². The molecule has 4 N–H and O–H groups in total. The zero-order valence-electron chi connectivity index (χ0n) is 11.2. The summed E-state index contributed by atoms with van der Waals surface area (Å²) in [6.45, 7) is 3.80. The molecule has 5 nitrogen and oxygen atoms in total. The van der Waals surface area contributed by atoms with Crippen molar-refractivity contribution < 1.29 is 14.7 Å². The molecule has 0 fully saturated rings. The van der Waals surface area contributed by atoms with E-state index in [1.54, 1.807) is 24.3 Å². The summed E-state index contributed by atoms with van der Waals surface area (Å²) in [5.41, 5.74) is 7.05. The van der Waals surface area contributed by atoms with Gasteiger partial charge in [0, 0.05) is 12.2 Å². The molecule has 1 aromatic carbocycles. The van der Waals surface area contributed by atoms with Crippen molar-refractivity contribution in [2.45, 2.75) is 20.3 Å². The van der Waals surface area contributed by atoms with E-state index in [2.05, 4.69) is 5.32 Å². The summed E-state index contributed by atoms with van der Waals surface area (Å²) >= 11 is 0. The van der Waals surface area contributed by atoms with E-state index in [0.29, 0.717) is 5.69 Å². The summed E-state index contributed by atoms with van der Waals surface area (Å²) in [4.78, 5) is 22.7. The third kappa shape index (κ3) is 4.99. The van der Waals surface area contributed by atoms with Gasteiger partial charge in [0.25, 0.3) is 0 Å². The largest absolute Gasteiger partial charge is 0.481 e. The molecule has 1 atom stereocenters. The van der Waals surface area contributed by atoms with Crippen LogP contribution in [0, 0.1) is 11.8 Å². The van der Waals surface area contributed by atoms with Crippen LogP contribution in [0.15, 0.2) is 24.3 Å². The van der Waals surface area contributed by atoms with Crippen molar-refractivity contribution in [2.24, 2.45) is 11.8 Å². The number of carboxylic acids is 1. The van der Waals surface area contributed by atoms with Crippen molar-refractivity contribution in [3.63, 3.8) is 0 Å². The second-order valence-electron chi connectivity index (χ2n) is 4.91. The van der Waals surface area contributed by atoms with Gasteiger partial charge in [-0.2, -0.15) is 0 Å². The number of nitrogens with one attached hydrogen (secondary N) is 1. The Morgan fingerprint density at radius 3 is 2.32 bits per heavy atom. The lowest BCUT2D eigenvalue weighted by Gasteiger charge is -2.16. The van der Waals surface area contributed by atoms with Gasteiger partial charge in [0.15, 0.2) is 0 Å². The molecule has 0 aliphatic rings. The number of carboxylic acid groups (broad SMARTS) is 1. The SMILES string of the molecule is CC(C)C(CNC(=O)Cc1ccc(N)cc1)C(=O)O. The molecule has 104 valence electrons. The minimum atomic E-state index is -0.886. The van der Waals surface area contributed by atoms with Crippen molar-refractivity contribution in [3.05, 3.63) is 29.8 Å². The molecule has 0 spiro atoms. The van der Waals surface area contributed by atoms with Gasteiger partial charge in [-0.15, -0.1) is 0 Å². The minimum absolute atomic E-state index is 0.0191. The first-order valence-electron chi connectivity index (χ1n) is 6.24. The Balaban J connectivity index is 2.47. The van der Waals surface area contributed by atoms with Crippen molar-refractivity contribution in [2.75, 3.05) is 12.3 Å². The Labute approximate surface area is 112 Å². The van der Waals surface area contributed by atoms with Crippen LogP contribution >= 0.6 is 0 Å². The number of amides is 1. The van der Waals surface area contributed by atoms with E-state index in [1.807, 2.05) is 13.8 Å². The van der Waals surface area contributed by atoms with E-state index in [0.717, 1.165) is 5.56 Å². The van der Waals surface area contributed by atoms with Crippen LogP contribution in [0.25, 0.3) is 0 Å². The van der Waals surface area contributed by atoms with Gasteiger partial charge < -0.3 is 16.2 Å². The zero-order chi connectivity index (χ0) is 14.4. The average molecular weight is 264 g/mol. The number of carbonyl (C=O) groups is 2. The van der Waals surface area contributed by atoms with Crippen LogP contribution in [0.4, 0.5) is 5.69 Å². The lowest BCUT2D eigenvalue weighted by atomic mass is 9.96. The Morgan fingerprint density at radius 2 is 1.84 bits per heavy atom. The minimum Gasteiger partial charge on any atom is -0.481 e. The van der Waals surface area contributed by atoms with Gasteiger partial charge in [0.1, 0.15) is 0 Å². The number of aliphatic carboxylic acids is 1. The summed E-state index contributed by atoms with van der Waals surface area (Å²) in [7, 11) is 0. The first-order chi connectivity index (χ1) is 8.90. The fourth-order valence-corrected chi connectivity index (χ4v) is 1.72. The fraction of sp³-hybridized carbons (Fsp3) is 0.429. The highest BCUT2D eigenvalue weighted by Crippen LogP contribution is 2.10. The summed E-state index contributed by atoms with van der Waals surface area (Å²) in [5, 5.41) is 11.7. The number of benzene rings is 1. The monoisotopic (exact) mass is 264 g/mol. The molecular formula is C14H20N2O3. The van der Waals surface area contributed by atoms with E-state index >= 15 is 0 Å². The van der Waals surface area contributed by atoms with Crippen LogP contribution < -0.4 is 11.1 Å². The Hall–Kier alpha value is -2.04. The molecule has 0 heterocycles. The first kappa shape index (κ1) is 15.0. The highest BCUT2D eigenvalue weighted by atomic mass is 16.4. The lowest BCUT2D eigenvalue weighted by molar-refractivity contribution is -0.143. The number of nitrogen functional groups attached to an aromatic ring is 1. The number of hydrogen-bond acceptors (Lipinski definition) is 3. The van der Waals surface area contributed by atoms with Crippen molar-refractivity contribution >= 4 is 17.6 Å². The smallest absolute Gasteiger partial charge is 0.308 e. The molecule has 0 aliphatic carbocycles. The third-order valence-electron chi connectivity index (χ3n) is 2.99. The molecule has 5 heteroatoms. The summed E-state index contributed by atoms with van der Waals surface area (Å²) in [6, 6.07) is 7.03. The molecule has 1 amide bonds. The summed E-state index contributed by atoms with van der Waals surface area (Å²) in [5.74, 6) is -1.65. The van der Waals surface area contributed by atoms with Gasteiger partial charge in [-0.1, -0.05) is 26.0 Å². The molecule has 0 saturated carbocycles. The second kappa shape index (κ2) is 6.78. The number of rotatable bonds is 6. The van der Waals surface area contributed by atoms with E-state index < -0.39 is 11.9 Å². The second-order valence-corrected chi connectivity index (χ2v) is 4.91. The Bertz CT molecular complexity index is 441. The third-order valence-corrected chi connectivity index (χ3v) is 2.99. The number of anilines is 1. The molecule has 1 rings (SSSR count). The van der Waals surface area contributed by atoms with Crippen LogP contribution in [-0.4, -0.2) is 23.5 Å².